The quantitative estimate of drug-likeness (QED) is 0.0919. The Balaban J connectivity index is 1.13. The van der Waals surface area contributed by atoms with Crippen LogP contribution in [0.2, 0.25) is 0 Å². The number of rotatable bonds is 7. The van der Waals surface area contributed by atoms with Crippen molar-refractivity contribution in [1.29, 1.82) is 0 Å². The first-order valence-corrected chi connectivity index (χ1v) is 16.4. The number of hydrazone groups is 1. The van der Waals surface area contributed by atoms with Crippen molar-refractivity contribution in [1.82, 2.24) is 19.5 Å². The predicted octanol–water partition coefficient (Wildman–Crippen LogP) is 7.00. The number of benzene rings is 3. The first-order valence-electron chi connectivity index (χ1n) is 14.6. The molecule has 9 heteroatoms. The maximum atomic E-state index is 13.9. The number of carbonyl (C=O) groups excluding carboxylic acids is 1. The zero-order valence-corrected chi connectivity index (χ0v) is 25.7. The van der Waals surface area contributed by atoms with Crippen molar-refractivity contribution < 1.29 is 4.79 Å². The second kappa shape index (κ2) is 11.5. The number of aryl methyl sites for hydroxylation is 4. The molecule has 0 radical (unpaired) electrons. The maximum Gasteiger partial charge on any atom is 0.267 e. The number of carbonyl (C=O) groups is 1. The Bertz CT molecular complexity index is 2100. The SMILES string of the molecule is CCn1c2ccccc2c2cc(/C=N/NC(=O)CSc3nc4sc5c(c4c(=O)n3-c3ccc(C)cc3)CCCC5)ccc21. The minimum absolute atomic E-state index is 0.0611. The first-order chi connectivity index (χ1) is 21.0. The van der Waals surface area contributed by atoms with E-state index >= 15 is 0 Å². The van der Waals surface area contributed by atoms with Crippen LogP contribution in [0.5, 0.6) is 0 Å². The molecular weight excluding hydrogens is 575 g/mol. The number of thiophene rings is 1. The van der Waals surface area contributed by atoms with Gasteiger partial charge >= 0.3 is 0 Å². The Hall–Kier alpha value is -4.21. The molecule has 6 aromatic rings. The Morgan fingerprint density at radius 2 is 1.84 bits per heavy atom. The molecule has 7 nitrogen and oxygen atoms in total. The van der Waals surface area contributed by atoms with Crippen molar-refractivity contribution in [3.8, 4) is 5.69 Å². The third-order valence-corrected chi connectivity index (χ3v) is 10.2. The average Bonchev–Trinajstić information content (AvgIpc) is 3.56. The van der Waals surface area contributed by atoms with E-state index in [2.05, 4.69) is 58.4 Å². The van der Waals surface area contributed by atoms with Gasteiger partial charge in [-0.3, -0.25) is 14.2 Å². The highest BCUT2D eigenvalue weighted by Gasteiger charge is 2.23. The molecular formula is C34H31N5O2S2. The van der Waals surface area contributed by atoms with Gasteiger partial charge in [0.1, 0.15) is 4.83 Å². The molecule has 1 N–H and O–H groups in total. The van der Waals surface area contributed by atoms with E-state index in [0.29, 0.717) is 5.16 Å². The number of hydrogen-bond donors (Lipinski definition) is 1. The van der Waals surface area contributed by atoms with E-state index in [4.69, 9.17) is 4.98 Å². The molecule has 0 atom stereocenters. The Morgan fingerprint density at radius 3 is 2.67 bits per heavy atom. The van der Waals surface area contributed by atoms with Gasteiger partial charge in [0.2, 0.25) is 0 Å². The normalized spacial score (nSPS) is 13.3. The minimum Gasteiger partial charge on any atom is -0.341 e. The smallest absolute Gasteiger partial charge is 0.267 e. The van der Waals surface area contributed by atoms with E-state index in [1.54, 1.807) is 22.1 Å². The fraction of sp³-hybridized carbons (Fsp3) is 0.235. The number of nitrogens with zero attached hydrogens (tertiary/aromatic N) is 4. The second-order valence-electron chi connectivity index (χ2n) is 10.9. The van der Waals surface area contributed by atoms with Crippen LogP contribution in [0.1, 0.15) is 41.3 Å². The highest BCUT2D eigenvalue weighted by atomic mass is 32.2. The van der Waals surface area contributed by atoms with Crippen LogP contribution in [0.3, 0.4) is 0 Å². The molecule has 0 saturated carbocycles. The number of thioether (sulfide) groups is 1. The summed E-state index contributed by atoms with van der Waals surface area (Å²) in [6, 6.07) is 22.5. The standard InChI is InChI=1S/C34H31N5O2S2/c1-3-38-27-10-6-4-8-24(27)26-18-22(14-17-28(26)38)19-35-37-30(40)20-42-34-36-32-31(25-9-5-7-11-29(25)43-32)33(41)39(34)23-15-12-21(2)13-16-23/h4,6,8,10,12-19H,3,5,7,9,11,20H2,1-2H3,(H,37,40)/b35-19+. The minimum atomic E-state index is -0.264. The maximum absolute atomic E-state index is 13.9. The summed E-state index contributed by atoms with van der Waals surface area (Å²) in [5, 5.41) is 7.84. The van der Waals surface area contributed by atoms with Crippen molar-refractivity contribution >= 4 is 67.2 Å². The lowest BCUT2D eigenvalue weighted by molar-refractivity contribution is -0.118. The van der Waals surface area contributed by atoms with Gasteiger partial charge in [-0.15, -0.1) is 11.3 Å². The Kier molecular flexibility index (Phi) is 7.36. The Labute approximate surface area is 257 Å². The molecule has 1 amide bonds. The molecule has 3 heterocycles. The monoisotopic (exact) mass is 605 g/mol. The van der Waals surface area contributed by atoms with Gasteiger partial charge in [0.05, 0.1) is 23.0 Å². The van der Waals surface area contributed by atoms with E-state index in [1.165, 1.54) is 33.1 Å². The lowest BCUT2D eigenvalue weighted by Crippen LogP contribution is -2.24. The number of para-hydroxylation sites is 1. The van der Waals surface area contributed by atoms with E-state index in [9.17, 15) is 9.59 Å². The summed E-state index contributed by atoms with van der Waals surface area (Å²) in [6.07, 6.45) is 5.82. The molecule has 1 aliphatic carbocycles. The van der Waals surface area contributed by atoms with Crippen molar-refractivity contribution in [2.45, 2.75) is 51.2 Å². The van der Waals surface area contributed by atoms with E-state index in [0.717, 1.165) is 70.2 Å². The van der Waals surface area contributed by atoms with E-state index in [-0.39, 0.29) is 17.2 Å². The molecule has 1 aliphatic rings. The van der Waals surface area contributed by atoms with Crippen LogP contribution in [-0.4, -0.2) is 32.0 Å². The molecule has 216 valence electrons. The van der Waals surface area contributed by atoms with E-state index in [1.807, 2.05) is 37.3 Å². The predicted molar refractivity (Wildman–Crippen MR) is 178 cm³/mol. The highest BCUT2D eigenvalue weighted by Crippen LogP contribution is 2.35. The molecule has 0 spiro atoms. The second-order valence-corrected chi connectivity index (χ2v) is 12.9. The fourth-order valence-electron chi connectivity index (χ4n) is 6.04. The largest absolute Gasteiger partial charge is 0.341 e. The van der Waals surface area contributed by atoms with Gasteiger partial charge in [-0.05, 0) is 81.0 Å². The van der Waals surface area contributed by atoms with Crippen molar-refractivity contribution in [2.24, 2.45) is 5.10 Å². The van der Waals surface area contributed by atoms with Gasteiger partial charge in [0.15, 0.2) is 5.16 Å². The van der Waals surface area contributed by atoms with Gasteiger partial charge in [-0.25, -0.2) is 10.4 Å². The number of nitrogens with one attached hydrogen (secondary N) is 1. The zero-order valence-electron chi connectivity index (χ0n) is 24.1. The summed E-state index contributed by atoms with van der Waals surface area (Å²) in [6.45, 7) is 5.06. The van der Waals surface area contributed by atoms with Crippen molar-refractivity contribution in [2.75, 3.05) is 5.75 Å². The van der Waals surface area contributed by atoms with Gasteiger partial charge in [0.25, 0.3) is 11.5 Å². The van der Waals surface area contributed by atoms with Crippen molar-refractivity contribution in [3.05, 3.63) is 98.7 Å². The lowest BCUT2D eigenvalue weighted by atomic mass is 9.97. The third kappa shape index (κ3) is 5.06. The number of fused-ring (bicyclic) bond motifs is 6. The van der Waals surface area contributed by atoms with Crippen LogP contribution >= 0.6 is 23.1 Å². The van der Waals surface area contributed by atoms with Gasteiger partial charge < -0.3 is 4.57 Å². The molecule has 0 unspecified atom stereocenters. The number of amides is 1. The number of aromatic nitrogens is 3. The fourth-order valence-corrected chi connectivity index (χ4v) is 8.15. The molecule has 43 heavy (non-hydrogen) atoms. The average molecular weight is 606 g/mol. The summed E-state index contributed by atoms with van der Waals surface area (Å²) in [5.41, 5.74) is 8.90. The van der Waals surface area contributed by atoms with Crippen LogP contribution < -0.4 is 11.0 Å². The first kappa shape index (κ1) is 27.6. The van der Waals surface area contributed by atoms with Crippen LogP contribution in [0.15, 0.2) is 81.8 Å². The number of hydrogen-bond acceptors (Lipinski definition) is 6. The molecule has 3 aromatic heterocycles. The molecule has 7 rings (SSSR count). The molecule has 0 saturated heterocycles. The summed E-state index contributed by atoms with van der Waals surface area (Å²) in [4.78, 5) is 33.8. The molecule has 0 aliphatic heterocycles. The summed E-state index contributed by atoms with van der Waals surface area (Å²) in [5.74, 6) is -0.185. The van der Waals surface area contributed by atoms with E-state index < -0.39 is 0 Å². The van der Waals surface area contributed by atoms with Crippen LogP contribution in [0.4, 0.5) is 0 Å². The van der Waals surface area contributed by atoms with Crippen molar-refractivity contribution in [3.63, 3.8) is 0 Å². The lowest BCUT2D eigenvalue weighted by Gasteiger charge is -2.13. The Morgan fingerprint density at radius 1 is 1.05 bits per heavy atom. The van der Waals surface area contributed by atoms with Gasteiger partial charge in [-0.1, -0.05) is 53.7 Å². The van der Waals surface area contributed by atoms with Crippen LogP contribution in [0, 0.1) is 6.92 Å². The third-order valence-electron chi connectivity index (χ3n) is 8.10. The van der Waals surface area contributed by atoms with Gasteiger partial charge in [-0.2, -0.15) is 5.10 Å². The summed E-state index contributed by atoms with van der Waals surface area (Å²) >= 11 is 2.87. The summed E-state index contributed by atoms with van der Waals surface area (Å²) < 4.78 is 3.96. The van der Waals surface area contributed by atoms with Crippen LogP contribution in [0.25, 0.3) is 37.7 Å². The van der Waals surface area contributed by atoms with Gasteiger partial charge in [0, 0.05) is 33.2 Å². The summed E-state index contributed by atoms with van der Waals surface area (Å²) in [7, 11) is 0. The highest BCUT2D eigenvalue weighted by molar-refractivity contribution is 7.99. The molecule has 3 aromatic carbocycles. The zero-order chi connectivity index (χ0) is 29.5. The van der Waals surface area contributed by atoms with Crippen LogP contribution in [-0.2, 0) is 24.2 Å². The topological polar surface area (TPSA) is 81.3 Å². The molecule has 0 fully saturated rings. The molecule has 0 bridgehead atoms.